The minimum atomic E-state index is -4.96. The lowest BCUT2D eigenvalue weighted by Gasteiger charge is -2.14. The lowest BCUT2D eigenvalue weighted by atomic mass is 10.1. The van der Waals surface area contributed by atoms with Crippen molar-refractivity contribution in [3.63, 3.8) is 0 Å². The van der Waals surface area contributed by atoms with Gasteiger partial charge in [0.05, 0.1) is 17.7 Å². The summed E-state index contributed by atoms with van der Waals surface area (Å²) >= 11 is 5.52. The number of hydrogen-bond donors (Lipinski definition) is 0. The molecule has 0 fully saturated rings. The molecule has 0 aliphatic carbocycles. The molecule has 0 radical (unpaired) electrons. The van der Waals surface area contributed by atoms with Gasteiger partial charge in [-0.1, -0.05) is 11.6 Å². The first kappa shape index (κ1) is 21.5. The summed E-state index contributed by atoms with van der Waals surface area (Å²) in [4.78, 5) is 22.9. The van der Waals surface area contributed by atoms with Gasteiger partial charge in [0.25, 0.3) is 0 Å². The van der Waals surface area contributed by atoms with E-state index in [0.29, 0.717) is 6.07 Å². The molecule has 0 aliphatic rings. The summed E-state index contributed by atoms with van der Waals surface area (Å²) in [6.07, 6.45) is -4.96. The molecule has 2 aromatic carbocycles. The minimum Gasteiger partial charge on any atom is -0.481 e. The van der Waals surface area contributed by atoms with Crippen molar-refractivity contribution in [3.8, 4) is 17.2 Å². The lowest BCUT2D eigenvalue weighted by Crippen LogP contribution is -2.14. The second-order valence-electron chi connectivity index (χ2n) is 5.44. The molecular formula is C18H13ClF4O5. The Labute approximate surface area is 161 Å². The van der Waals surface area contributed by atoms with Crippen molar-refractivity contribution in [2.45, 2.75) is 13.1 Å². The Balaban J connectivity index is 2.31. The Morgan fingerprint density at radius 2 is 1.79 bits per heavy atom. The van der Waals surface area contributed by atoms with Gasteiger partial charge in [-0.25, -0.2) is 9.18 Å². The number of rotatable bonds is 6. The van der Waals surface area contributed by atoms with Crippen LogP contribution < -0.4 is 9.47 Å². The molecule has 2 aromatic rings. The molecule has 0 atom stereocenters. The van der Waals surface area contributed by atoms with Crippen molar-refractivity contribution in [2.24, 2.45) is 0 Å². The molecule has 0 amide bonds. The van der Waals surface area contributed by atoms with Crippen molar-refractivity contribution in [2.75, 3.05) is 13.7 Å². The van der Waals surface area contributed by atoms with Crippen LogP contribution in [0.2, 0.25) is 5.02 Å². The number of alkyl halides is 3. The van der Waals surface area contributed by atoms with Gasteiger partial charge in [0.2, 0.25) is 0 Å². The van der Waals surface area contributed by atoms with Crippen LogP contribution in [0.15, 0.2) is 30.3 Å². The van der Waals surface area contributed by atoms with E-state index in [-0.39, 0.29) is 22.8 Å². The fourth-order valence-corrected chi connectivity index (χ4v) is 2.49. The average Bonchev–Trinajstić information content (AvgIpc) is 2.58. The van der Waals surface area contributed by atoms with E-state index in [1.54, 1.807) is 0 Å². The first-order valence-corrected chi connectivity index (χ1v) is 7.99. The van der Waals surface area contributed by atoms with Crippen LogP contribution in [0.4, 0.5) is 17.6 Å². The van der Waals surface area contributed by atoms with Crippen molar-refractivity contribution in [1.82, 2.24) is 0 Å². The van der Waals surface area contributed by atoms with Gasteiger partial charge in [-0.15, -0.1) is 0 Å². The minimum absolute atomic E-state index is 0.0193. The molecular weight excluding hydrogens is 408 g/mol. The van der Waals surface area contributed by atoms with Crippen LogP contribution in [0, 0.1) is 5.82 Å². The van der Waals surface area contributed by atoms with Gasteiger partial charge < -0.3 is 14.2 Å². The molecule has 0 unspecified atom stereocenters. The molecule has 0 bridgehead atoms. The van der Waals surface area contributed by atoms with E-state index in [1.165, 1.54) is 32.2 Å². The summed E-state index contributed by atoms with van der Waals surface area (Å²) in [6.45, 7) is 0.801. The Bertz CT molecular complexity index is 888. The highest BCUT2D eigenvalue weighted by Crippen LogP contribution is 2.39. The van der Waals surface area contributed by atoms with Gasteiger partial charge >= 0.3 is 12.1 Å². The summed E-state index contributed by atoms with van der Waals surface area (Å²) in [5.74, 6) is -2.90. The van der Waals surface area contributed by atoms with E-state index in [1.807, 2.05) is 0 Å². The summed E-state index contributed by atoms with van der Waals surface area (Å²) in [5.41, 5.74) is -1.56. The largest absolute Gasteiger partial charge is 0.481 e. The number of Topliss-reactive ketones (excluding diaryl/α,β-unsaturated/α-hetero) is 1. The number of hydrogen-bond acceptors (Lipinski definition) is 5. The molecule has 5 nitrogen and oxygen atoms in total. The lowest BCUT2D eigenvalue weighted by molar-refractivity contribution is -0.143. The Hall–Kier alpha value is -2.81. The van der Waals surface area contributed by atoms with Crippen LogP contribution in [0.5, 0.6) is 17.2 Å². The second kappa shape index (κ2) is 8.47. The quantitative estimate of drug-likeness (QED) is 0.372. The SMILES string of the molecule is COC(=O)COc1ccc(Oc2cc(F)c(C(F)(F)F)c(Cl)c2)cc1C(C)=O. The third-order valence-corrected chi connectivity index (χ3v) is 3.74. The molecule has 0 spiro atoms. The highest BCUT2D eigenvalue weighted by Gasteiger charge is 2.37. The van der Waals surface area contributed by atoms with E-state index >= 15 is 0 Å². The molecule has 2 rings (SSSR count). The number of carbonyl (C=O) groups is 2. The van der Waals surface area contributed by atoms with Crippen LogP contribution in [0.3, 0.4) is 0 Å². The maximum absolute atomic E-state index is 13.8. The molecule has 0 heterocycles. The number of carbonyl (C=O) groups excluding carboxylic acids is 2. The zero-order valence-corrected chi connectivity index (χ0v) is 15.3. The zero-order valence-electron chi connectivity index (χ0n) is 14.5. The highest BCUT2D eigenvalue weighted by atomic mass is 35.5. The van der Waals surface area contributed by atoms with Crippen molar-refractivity contribution in [3.05, 3.63) is 52.3 Å². The van der Waals surface area contributed by atoms with Gasteiger partial charge in [-0.05, 0) is 25.1 Å². The normalized spacial score (nSPS) is 11.1. The summed E-state index contributed by atoms with van der Waals surface area (Å²) in [5, 5.41) is -0.868. The van der Waals surface area contributed by atoms with E-state index in [2.05, 4.69) is 4.74 Å². The van der Waals surface area contributed by atoms with Crippen molar-refractivity contribution in [1.29, 1.82) is 0 Å². The molecule has 0 saturated carbocycles. The monoisotopic (exact) mass is 420 g/mol. The number of methoxy groups -OCH3 is 1. The smallest absolute Gasteiger partial charge is 0.420 e. The number of esters is 1. The first-order chi connectivity index (χ1) is 13.0. The van der Waals surface area contributed by atoms with Crippen molar-refractivity contribution < 1.29 is 41.4 Å². The molecule has 0 saturated heterocycles. The van der Waals surface area contributed by atoms with Crippen LogP contribution >= 0.6 is 11.6 Å². The summed E-state index contributed by atoms with van der Waals surface area (Å²) in [6, 6.07) is 5.21. The third kappa shape index (κ3) is 5.13. The van der Waals surface area contributed by atoms with Gasteiger partial charge in [0.1, 0.15) is 28.6 Å². The van der Waals surface area contributed by atoms with Gasteiger partial charge in [-0.3, -0.25) is 4.79 Å². The average molecular weight is 421 g/mol. The predicted molar refractivity (Wildman–Crippen MR) is 90.4 cm³/mol. The Kier molecular flexibility index (Phi) is 6.50. The molecule has 0 N–H and O–H groups in total. The maximum Gasteiger partial charge on any atom is 0.420 e. The molecule has 10 heteroatoms. The second-order valence-corrected chi connectivity index (χ2v) is 5.85. The zero-order chi connectivity index (χ0) is 21.1. The number of ether oxygens (including phenoxy) is 3. The molecule has 28 heavy (non-hydrogen) atoms. The molecule has 150 valence electrons. The first-order valence-electron chi connectivity index (χ1n) is 7.61. The highest BCUT2D eigenvalue weighted by molar-refractivity contribution is 6.31. The van der Waals surface area contributed by atoms with E-state index < -0.39 is 40.9 Å². The topological polar surface area (TPSA) is 61.8 Å². The van der Waals surface area contributed by atoms with Crippen LogP contribution in [0.1, 0.15) is 22.8 Å². The number of halogens is 5. The number of benzene rings is 2. The standard InChI is InChI=1S/C18H13ClF4O5/c1-9(24)12-5-10(3-4-15(12)27-8-16(25)26-2)28-11-6-13(19)17(14(20)7-11)18(21,22)23/h3-7H,8H2,1-2H3. The number of ketones is 1. The van der Waals surface area contributed by atoms with Gasteiger partial charge in [0, 0.05) is 12.1 Å². The van der Waals surface area contributed by atoms with Gasteiger partial charge in [0.15, 0.2) is 12.4 Å². The third-order valence-electron chi connectivity index (χ3n) is 3.44. The van der Waals surface area contributed by atoms with Crippen LogP contribution in [0.25, 0.3) is 0 Å². The summed E-state index contributed by atoms with van der Waals surface area (Å²) in [7, 11) is 1.17. The van der Waals surface area contributed by atoms with Crippen LogP contribution in [-0.2, 0) is 15.7 Å². The summed E-state index contributed by atoms with van der Waals surface area (Å²) < 4.78 is 67.0. The molecule has 0 aromatic heterocycles. The van der Waals surface area contributed by atoms with Crippen molar-refractivity contribution >= 4 is 23.4 Å². The fraction of sp³-hybridized carbons (Fsp3) is 0.222. The predicted octanol–water partition coefficient (Wildman–Crippen LogP) is 5.04. The maximum atomic E-state index is 13.8. The van der Waals surface area contributed by atoms with Crippen LogP contribution in [-0.4, -0.2) is 25.5 Å². The fourth-order valence-electron chi connectivity index (χ4n) is 2.18. The van der Waals surface area contributed by atoms with E-state index in [0.717, 1.165) is 6.07 Å². The molecule has 0 aliphatic heterocycles. The Morgan fingerprint density at radius 3 is 2.32 bits per heavy atom. The van der Waals surface area contributed by atoms with Gasteiger partial charge in [-0.2, -0.15) is 13.2 Å². The Morgan fingerprint density at radius 1 is 1.11 bits per heavy atom. The van der Waals surface area contributed by atoms with E-state index in [9.17, 15) is 27.2 Å². The van der Waals surface area contributed by atoms with E-state index in [4.69, 9.17) is 21.1 Å².